The number of furan rings is 1. The molecule has 1 aromatic carbocycles. The van der Waals surface area contributed by atoms with Crippen LogP contribution in [-0.4, -0.2) is 54.0 Å². The van der Waals surface area contributed by atoms with Crippen molar-refractivity contribution in [3.8, 4) is 0 Å². The molecule has 2 aromatic rings. The summed E-state index contributed by atoms with van der Waals surface area (Å²) < 4.78 is 5.39. The normalized spacial score (nSPS) is 11.9. The molecule has 0 aliphatic carbocycles. The van der Waals surface area contributed by atoms with Crippen molar-refractivity contribution in [2.24, 2.45) is 0 Å². The first kappa shape index (κ1) is 24.5. The maximum absolute atomic E-state index is 12.8. The van der Waals surface area contributed by atoms with Crippen molar-refractivity contribution < 1.29 is 14.0 Å². The van der Waals surface area contributed by atoms with E-state index in [1.165, 1.54) is 0 Å². The molecule has 1 unspecified atom stereocenters. The van der Waals surface area contributed by atoms with E-state index in [0.29, 0.717) is 24.5 Å². The lowest BCUT2D eigenvalue weighted by Gasteiger charge is -2.23. The fourth-order valence-corrected chi connectivity index (χ4v) is 3.38. The number of nitrogens with one attached hydrogen (secondary N) is 2. The van der Waals surface area contributed by atoms with Gasteiger partial charge in [0, 0.05) is 24.7 Å². The number of benzene rings is 1. The van der Waals surface area contributed by atoms with Crippen LogP contribution in [0, 0.1) is 0 Å². The molecule has 0 aliphatic heterocycles. The minimum atomic E-state index is -0.261. The van der Waals surface area contributed by atoms with Crippen LogP contribution in [0.15, 0.2) is 53.1 Å². The summed E-state index contributed by atoms with van der Waals surface area (Å²) in [6.07, 6.45) is 3.80. The molecule has 0 saturated heterocycles. The second-order valence-electron chi connectivity index (χ2n) is 7.68. The van der Waals surface area contributed by atoms with E-state index < -0.39 is 0 Å². The number of nitrogens with zero attached hydrogens (tertiary/aromatic N) is 2. The average Bonchev–Trinajstić information content (AvgIpc) is 3.28. The van der Waals surface area contributed by atoms with Crippen LogP contribution in [0.5, 0.6) is 0 Å². The Balaban J connectivity index is 1.82. The highest BCUT2D eigenvalue weighted by Crippen LogP contribution is 2.11. The Hall–Kier alpha value is -2.80. The third kappa shape index (κ3) is 9.26. The van der Waals surface area contributed by atoms with Gasteiger partial charge in [-0.25, -0.2) is 4.79 Å². The lowest BCUT2D eigenvalue weighted by atomic mass is 10.1. The minimum absolute atomic E-state index is 0.0488. The Morgan fingerprint density at radius 1 is 1.03 bits per heavy atom. The Labute approximate surface area is 185 Å². The molecule has 0 fully saturated rings. The minimum Gasteiger partial charge on any atom is -0.467 e. The van der Waals surface area contributed by atoms with E-state index >= 15 is 0 Å². The van der Waals surface area contributed by atoms with E-state index in [0.717, 1.165) is 32.5 Å². The van der Waals surface area contributed by atoms with Crippen LogP contribution in [0.25, 0.3) is 0 Å². The third-order valence-corrected chi connectivity index (χ3v) is 5.26. The van der Waals surface area contributed by atoms with Crippen LogP contribution >= 0.6 is 0 Å². The van der Waals surface area contributed by atoms with Gasteiger partial charge in [0.1, 0.15) is 5.76 Å². The van der Waals surface area contributed by atoms with Crippen molar-refractivity contribution in [1.82, 2.24) is 15.1 Å². The van der Waals surface area contributed by atoms with Crippen molar-refractivity contribution in [1.29, 1.82) is 0 Å². The molecule has 7 heteroatoms. The monoisotopic (exact) mass is 428 g/mol. The van der Waals surface area contributed by atoms with Gasteiger partial charge >= 0.3 is 6.03 Å². The first-order valence-corrected chi connectivity index (χ1v) is 11.2. The Morgan fingerprint density at radius 3 is 2.42 bits per heavy atom. The summed E-state index contributed by atoms with van der Waals surface area (Å²) >= 11 is 0. The molecule has 0 bridgehead atoms. The molecule has 1 aromatic heterocycles. The molecule has 1 heterocycles. The van der Waals surface area contributed by atoms with Crippen LogP contribution in [0.4, 0.5) is 10.5 Å². The first-order valence-electron chi connectivity index (χ1n) is 11.2. The summed E-state index contributed by atoms with van der Waals surface area (Å²) in [6.45, 7) is 10.1. The van der Waals surface area contributed by atoms with Gasteiger partial charge in [-0.1, -0.05) is 32.0 Å². The number of amides is 3. The standard InChI is InChI=1S/C24H36N4O3/c1-4-27(5-2)16-9-11-20(3)25-23(29)15-17-28(19-22-14-10-18-31-22)24(30)26-21-12-7-6-8-13-21/h6-8,10,12-14,18,20H,4-5,9,11,15-17,19H2,1-3H3,(H,25,29)(H,26,30). The van der Waals surface area contributed by atoms with E-state index in [2.05, 4.69) is 29.4 Å². The lowest BCUT2D eigenvalue weighted by Crippen LogP contribution is -2.39. The van der Waals surface area contributed by atoms with Crippen molar-refractivity contribution >= 4 is 17.6 Å². The van der Waals surface area contributed by atoms with Crippen LogP contribution in [0.1, 0.15) is 45.8 Å². The predicted molar refractivity (Wildman–Crippen MR) is 124 cm³/mol. The van der Waals surface area contributed by atoms with Crippen molar-refractivity contribution in [3.05, 3.63) is 54.5 Å². The number of hydrogen-bond donors (Lipinski definition) is 2. The van der Waals surface area contributed by atoms with Gasteiger partial charge in [-0.15, -0.1) is 0 Å². The molecule has 0 saturated carbocycles. The summed E-state index contributed by atoms with van der Waals surface area (Å²) in [7, 11) is 0. The van der Waals surface area contributed by atoms with Gasteiger partial charge in [0.25, 0.3) is 0 Å². The number of hydrogen-bond acceptors (Lipinski definition) is 4. The molecule has 2 rings (SSSR count). The van der Waals surface area contributed by atoms with Crippen LogP contribution in [0.2, 0.25) is 0 Å². The number of rotatable bonds is 13. The largest absolute Gasteiger partial charge is 0.467 e. The molecule has 2 N–H and O–H groups in total. The van der Waals surface area contributed by atoms with Gasteiger partial charge in [0.05, 0.1) is 12.8 Å². The summed E-state index contributed by atoms with van der Waals surface area (Å²) in [4.78, 5) is 29.2. The van der Waals surface area contributed by atoms with Crippen molar-refractivity contribution in [2.45, 2.75) is 52.6 Å². The average molecular weight is 429 g/mol. The summed E-state index contributed by atoms with van der Waals surface area (Å²) in [5.74, 6) is 0.626. The first-order chi connectivity index (χ1) is 15.0. The Morgan fingerprint density at radius 2 is 1.77 bits per heavy atom. The summed E-state index contributed by atoms with van der Waals surface area (Å²) in [5, 5.41) is 5.93. The van der Waals surface area contributed by atoms with E-state index in [4.69, 9.17) is 4.42 Å². The number of anilines is 1. The summed E-state index contributed by atoms with van der Waals surface area (Å²) in [5.41, 5.74) is 0.711. The maximum atomic E-state index is 12.8. The van der Waals surface area contributed by atoms with Gasteiger partial charge in [-0.2, -0.15) is 0 Å². The number of carbonyl (C=O) groups is 2. The zero-order chi connectivity index (χ0) is 22.5. The van der Waals surface area contributed by atoms with E-state index in [9.17, 15) is 9.59 Å². The van der Waals surface area contributed by atoms with E-state index in [-0.39, 0.29) is 24.4 Å². The summed E-state index contributed by atoms with van der Waals surface area (Å²) in [6, 6.07) is 12.7. The predicted octanol–water partition coefficient (Wildman–Crippen LogP) is 4.33. The van der Waals surface area contributed by atoms with Gasteiger partial charge in [0.2, 0.25) is 5.91 Å². The molecule has 0 radical (unpaired) electrons. The zero-order valence-electron chi connectivity index (χ0n) is 19.0. The van der Waals surface area contributed by atoms with Crippen LogP contribution < -0.4 is 10.6 Å². The Bertz CT molecular complexity index is 760. The van der Waals surface area contributed by atoms with Gasteiger partial charge in [-0.05, 0) is 63.7 Å². The van der Waals surface area contributed by atoms with Gasteiger partial charge in [0.15, 0.2) is 0 Å². The second-order valence-corrected chi connectivity index (χ2v) is 7.68. The molecule has 3 amide bonds. The topological polar surface area (TPSA) is 77.8 Å². The van der Waals surface area contributed by atoms with Crippen LogP contribution in [-0.2, 0) is 11.3 Å². The third-order valence-electron chi connectivity index (χ3n) is 5.26. The van der Waals surface area contributed by atoms with Crippen molar-refractivity contribution in [3.63, 3.8) is 0 Å². The maximum Gasteiger partial charge on any atom is 0.322 e. The van der Waals surface area contributed by atoms with Crippen molar-refractivity contribution in [2.75, 3.05) is 31.5 Å². The molecular formula is C24H36N4O3. The number of para-hydroxylation sites is 1. The highest BCUT2D eigenvalue weighted by Gasteiger charge is 2.18. The molecule has 31 heavy (non-hydrogen) atoms. The Kier molecular flexibility index (Phi) is 10.6. The second kappa shape index (κ2) is 13.5. The number of carbonyl (C=O) groups excluding carboxylic acids is 2. The van der Waals surface area contributed by atoms with Gasteiger partial charge in [-0.3, -0.25) is 4.79 Å². The molecule has 7 nitrogen and oxygen atoms in total. The quantitative estimate of drug-likeness (QED) is 0.498. The molecule has 0 spiro atoms. The molecule has 170 valence electrons. The van der Waals surface area contributed by atoms with E-state index in [1.54, 1.807) is 17.2 Å². The van der Waals surface area contributed by atoms with E-state index in [1.807, 2.05) is 43.3 Å². The highest BCUT2D eigenvalue weighted by atomic mass is 16.3. The number of urea groups is 1. The fraction of sp³-hybridized carbons (Fsp3) is 0.500. The SMILES string of the molecule is CCN(CC)CCCC(C)NC(=O)CCN(Cc1ccco1)C(=O)Nc1ccccc1. The molecular weight excluding hydrogens is 392 g/mol. The zero-order valence-corrected chi connectivity index (χ0v) is 19.0. The van der Waals surface area contributed by atoms with Gasteiger partial charge < -0.3 is 24.9 Å². The lowest BCUT2D eigenvalue weighted by molar-refractivity contribution is -0.121. The molecule has 0 aliphatic rings. The fourth-order valence-electron chi connectivity index (χ4n) is 3.38. The molecule has 1 atom stereocenters. The highest BCUT2D eigenvalue weighted by molar-refractivity contribution is 5.89. The smallest absolute Gasteiger partial charge is 0.322 e. The van der Waals surface area contributed by atoms with Crippen LogP contribution in [0.3, 0.4) is 0 Å².